The minimum atomic E-state index is -1.16. The summed E-state index contributed by atoms with van der Waals surface area (Å²) in [5.74, 6) is -2.64. The van der Waals surface area contributed by atoms with Crippen molar-refractivity contribution in [1.29, 1.82) is 0 Å². The molecule has 0 saturated carbocycles. The first kappa shape index (κ1) is 13.9. The van der Waals surface area contributed by atoms with Gasteiger partial charge in [0.05, 0.1) is 0 Å². The van der Waals surface area contributed by atoms with Crippen LogP contribution in [0.3, 0.4) is 0 Å². The molecule has 8 nitrogen and oxygen atoms in total. The normalized spacial score (nSPS) is 17.4. The Hall–Kier alpha value is -2.12. The molecule has 0 spiro atoms. The summed E-state index contributed by atoms with van der Waals surface area (Å²) >= 11 is 0. The SMILES string of the molecule is CC(C)[C@@H](NC(=O)N1CC(=O)NC(=O)C1)C(=O)O. The number of nitrogens with zero attached hydrogens (tertiary/aromatic N) is 1. The van der Waals surface area contributed by atoms with E-state index in [0.29, 0.717) is 0 Å². The number of urea groups is 1. The van der Waals surface area contributed by atoms with Crippen LogP contribution in [0.2, 0.25) is 0 Å². The van der Waals surface area contributed by atoms with Crippen LogP contribution in [0.15, 0.2) is 0 Å². The van der Waals surface area contributed by atoms with Crippen LogP contribution in [0.25, 0.3) is 0 Å². The smallest absolute Gasteiger partial charge is 0.326 e. The van der Waals surface area contributed by atoms with Crippen LogP contribution in [0.5, 0.6) is 0 Å². The number of imide groups is 1. The summed E-state index contributed by atoms with van der Waals surface area (Å²) in [6.45, 7) is 2.77. The van der Waals surface area contributed by atoms with E-state index in [2.05, 4.69) is 5.32 Å². The van der Waals surface area contributed by atoms with Crippen LogP contribution in [0.4, 0.5) is 4.79 Å². The molecule has 0 aliphatic carbocycles. The molecule has 3 N–H and O–H groups in total. The van der Waals surface area contributed by atoms with Crippen LogP contribution in [0.1, 0.15) is 13.8 Å². The molecule has 1 saturated heterocycles. The van der Waals surface area contributed by atoms with Crippen molar-refractivity contribution in [2.24, 2.45) is 5.92 Å². The maximum absolute atomic E-state index is 11.7. The molecule has 1 heterocycles. The van der Waals surface area contributed by atoms with Crippen LogP contribution in [-0.4, -0.2) is 53.0 Å². The number of hydrogen-bond acceptors (Lipinski definition) is 4. The number of piperazine rings is 1. The number of rotatable bonds is 3. The standard InChI is InChI=1S/C10H15N3O5/c1-5(2)8(9(16)17)12-10(18)13-3-6(14)11-7(15)4-13/h5,8H,3-4H2,1-2H3,(H,12,18)(H,16,17)(H,11,14,15)/t8-/m1/s1. The highest BCUT2D eigenvalue weighted by Crippen LogP contribution is 2.04. The third-order valence-electron chi connectivity index (χ3n) is 2.45. The van der Waals surface area contributed by atoms with Gasteiger partial charge >= 0.3 is 12.0 Å². The molecule has 0 radical (unpaired) electrons. The van der Waals surface area contributed by atoms with E-state index in [1.807, 2.05) is 5.32 Å². The molecule has 100 valence electrons. The van der Waals surface area contributed by atoms with E-state index in [4.69, 9.17) is 5.11 Å². The Labute approximate surface area is 103 Å². The summed E-state index contributed by atoms with van der Waals surface area (Å²) in [4.78, 5) is 45.8. The summed E-state index contributed by atoms with van der Waals surface area (Å²) in [6, 6.07) is -1.79. The third-order valence-corrected chi connectivity index (χ3v) is 2.45. The van der Waals surface area contributed by atoms with Gasteiger partial charge < -0.3 is 15.3 Å². The van der Waals surface area contributed by atoms with Gasteiger partial charge in [-0.15, -0.1) is 0 Å². The molecule has 4 amide bonds. The summed E-state index contributed by atoms with van der Waals surface area (Å²) in [5, 5.41) is 13.2. The average molecular weight is 257 g/mol. The van der Waals surface area contributed by atoms with E-state index in [0.717, 1.165) is 4.90 Å². The highest BCUT2D eigenvalue weighted by molar-refractivity contribution is 6.02. The topological polar surface area (TPSA) is 116 Å². The van der Waals surface area contributed by atoms with Gasteiger partial charge in [0.15, 0.2) is 0 Å². The van der Waals surface area contributed by atoms with Crippen LogP contribution in [0, 0.1) is 5.92 Å². The molecule has 8 heteroatoms. The fourth-order valence-corrected chi connectivity index (χ4v) is 1.52. The lowest BCUT2D eigenvalue weighted by atomic mass is 10.1. The Kier molecular flexibility index (Phi) is 4.24. The molecule has 0 aromatic rings. The largest absolute Gasteiger partial charge is 0.480 e. The molecule has 0 aromatic carbocycles. The quantitative estimate of drug-likeness (QED) is 0.547. The van der Waals surface area contributed by atoms with E-state index in [1.165, 1.54) is 0 Å². The number of amides is 4. The van der Waals surface area contributed by atoms with Gasteiger partial charge in [0.2, 0.25) is 11.8 Å². The Morgan fingerprint density at radius 3 is 2.17 bits per heavy atom. The zero-order valence-corrected chi connectivity index (χ0v) is 10.1. The number of carboxylic acids is 1. The van der Waals surface area contributed by atoms with Gasteiger partial charge in [-0.05, 0) is 5.92 Å². The summed E-state index contributed by atoms with van der Waals surface area (Å²) in [7, 11) is 0. The highest BCUT2D eigenvalue weighted by atomic mass is 16.4. The number of nitrogens with one attached hydrogen (secondary N) is 2. The van der Waals surface area contributed by atoms with Crippen LogP contribution < -0.4 is 10.6 Å². The van der Waals surface area contributed by atoms with Crippen molar-refractivity contribution in [3.8, 4) is 0 Å². The lowest BCUT2D eigenvalue weighted by molar-refractivity contribution is -0.140. The van der Waals surface area contributed by atoms with Gasteiger partial charge in [0.1, 0.15) is 19.1 Å². The lowest BCUT2D eigenvalue weighted by Gasteiger charge is -2.28. The molecule has 1 fully saturated rings. The maximum Gasteiger partial charge on any atom is 0.326 e. The maximum atomic E-state index is 11.7. The fourth-order valence-electron chi connectivity index (χ4n) is 1.52. The van der Waals surface area contributed by atoms with Crippen molar-refractivity contribution in [3.05, 3.63) is 0 Å². The van der Waals surface area contributed by atoms with Gasteiger partial charge in [-0.1, -0.05) is 13.8 Å². The number of carbonyl (C=O) groups excluding carboxylic acids is 3. The van der Waals surface area contributed by atoms with E-state index in [9.17, 15) is 19.2 Å². The molecular formula is C10H15N3O5. The minimum Gasteiger partial charge on any atom is -0.480 e. The van der Waals surface area contributed by atoms with Crippen LogP contribution in [-0.2, 0) is 14.4 Å². The van der Waals surface area contributed by atoms with Gasteiger partial charge in [-0.3, -0.25) is 14.9 Å². The van der Waals surface area contributed by atoms with Gasteiger partial charge in [0, 0.05) is 0 Å². The summed E-state index contributed by atoms with van der Waals surface area (Å²) < 4.78 is 0. The minimum absolute atomic E-state index is 0.262. The number of aliphatic carboxylic acids is 1. The molecule has 1 aliphatic heterocycles. The second kappa shape index (κ2) is 5.48. The monoisotopic (exact) mass is 257 g/mol. The zero-order valence-electron chi connectivity index (χ0n) is 10.1. The first-order chi connectivity index (χ1) is 8.31. The van der Waals surface area contributed by atoms with Crippen molar-refractivity contribution in [1.82, 2.24) is 15.5 Å². The molecule has 1 rings (SSSR count). The van der Waals surface area contributed by atoms with E-state index in [-0.39, 0.29) is 19.0 Å². The first-order valence-electron chi connectivity index (χ1n) is 5.42. The number of carboxylic acid groups (broad SMARTS) is 1. The molecule has 18 heavy (non-hydrogen) atoms. The predicted molar refractivity (Wildman–Crippen MR) is 59.5 cm³/mol. The number of hydrogen-bond donors (Lipinski definition) is 3. The van der Waals surface area contributed by atoms with E-state index < -0.39 is 29.9 Å². The Morgan fingerprint density at radius 2 is 1.78 bits per heavy atom. The van der Waals surface area contributed by atoms with Crippen molar-refractivity contribution in [3.63, 3.8) is 0 Å². The van der Waals surface area contributed by atoms with Gasteiger partial charge in [-0.25, -0.2) is 9.59 Å². The highest BCUT2D eigenvalue weighted by Gasteiger charge is 2.30. The van der Waals surface area contributed by atoms with Crippen molar-refractivity contribution < 1.29 is 24.3 Å². The average Bonchev–Trinajstić information content (AvgIpc) is 2.23. The molecule has 0 bridgehead atoms. The van der Waals surface area contributed by atoms with Crippen molar-refractivity contribution >= 4 is 23.8 Å². The van der Waals surface area contributed by atoms with Gasteiger partial charge in [-0.2, -0.15) is 0 Å². The Balaban J connectivity index is 2.66. The molecule has 0 aromatic heterocycles. The first-order valence-corrected chi connectivity index (χ1v) is 5.42. The van der Waals surface area contributed by atoms with E-state index >= 15 is 0 Å². The second-order valence-corrected chi connectivity index (χ2v) is 4.34. The van der Waals surface area contributed by atoms with Crippen LogP contribution >= 0.6 is 0 Å². The Morgan fingerprint density at radius 1 is 1.28 bits per heavy atom. The molecule has 1 atom stereocenters. The molecule has 0 unspecified atom stereocenters. The van der Waals surface area contributed by atoms with Gasteiger partial charge in [0.25, 0.3) is 0 Å². The van der Waals surface area contributed by atoms with Crippen molar-refractivity contribution in [2.45, 2.75) is 19.9 Å². The number of carbonyl (C=O) groups is 4. The van der Waals surface area contributed by atoms with E-state index in [1.54, 1.807) is 13.8 Å². The lowest BCUT2D eigenvalue weighted by Crippen LogP contribution is -2.58. The molecular weight excluding hydrogens is 242 g/mol. The van der Waals surface area contributed by atoms with Crippen molar-refractivity contribution in [2.75, 3.05) is 13.1 Å². The second-order valence-electron chi connectivity index (χ2n) is 4.34. The Bertz CT molecular complexity index is 377. The summed E-state index contributed by atoms with van der Waals surface area (Å²) in [6.07, 6.45) is 0. The summed E-state index contributed by atoms with van der Waals surface area (Å²) in [5.41, 5.74) is 0. The fraction of sp³-hybridized carbons (Fsp3) is 0.600. The third kappa shape index (κ3) is 3.44. The zero-order chi connectivity index (χ0) is 13.9. The molecule has 1 aliphatic rings. The predicted octanol–water partition coefficient (Wildman–Crippen LogP) is -1.24.